The Labute approximate surface area is 103 Å². The van der Waals surface area contributed by atoms with Gasteiger partial charge in [0.15, 0.2) is 0 Å². The van der Waals surface area contributed by atoms with Gasteiger partial charge >= 0.3 is 5.51 Å². The Morgan fingerprint density at radius 2 is 2.06 bits per heavy atom. The van der Waals surface area contributed by atoms with E-state index in [2.05, 4.69) is 12.2 Å². The second kappa shape index (κ2) is 7.01. The summed E-state index contributed by atoms with van der Waals surface area (Å²) in [6.45, 7) is 2.58. The van der Waals surface area contributed by atoms with Crippen molar-refractivity contribution in [1.82, 2.24) is 5.32 Å². The maximum atomic E-state index is 11.9. The molecule has 0 amide bonds. The predicted molar refractivity (Wildman–Crippen MR) is 66.1 cm³/mol. The summed E-state index contributed by atoms with van der Waals surface area (Å²) >= 11 is 1.98. The third-order valence-corrected chi connectivity index (χ3v) is 4.67. The molecule has 1 aliphatic carbocycles. The highest BCUT2D eigenvalue weighted by Gasteiger charge is 2.29. The summed E-state index contributed by atoms with van der Waals surface area (Å²) in [6.07, 6.45) is 3.50. The van der Waals surface area contributed by atoms with Crippen LogP contribution < -0.4 is 5.32 Å². The fourth-order valence-electron chi connectivity index (χ4n) is 1.98. The Balaban J connectivity index is 2.12. The van der Waals surface area contributed by atoms with Gasteiger partial charge in [0.05, 0.1) is 0 Å². The fraction of sp³-hybridized carbons (Fsp3) is 1.00. The van der Waals surface area contributed by atoms with Gasteiger partial charge in [-0.1, -0.05) is 13.3 Å². The molecular formula is C10H18F3NS2. The summed E-state index contributed by atoms with van der Waals surface area (Å²) < 4.78 is 35.7. The van der Waals surface area contributed by atoms with Crippen LogP contribution in [0.15, 0.2) is 0 Å². The van der Waals surface area contributed by atoms with Crippen molar-refractivity contribution in [3.05, 3.63) is 0 Å². The van der Waals surface area contributed by atoms with Crippen molar-refractivity contribution in [2.75, 3.05) is 18.1 Å². The van der Waals surface area contributed by atoms with Gasteiger partial charge in [-0.2, -0.15) is 24.9 Å². The van der Waals surface area contributed by atoms with Crippen molar-refractivity contribution in [2.45, 2.75) is 43.0 Å². The van der Waals surface area contributed by atoms with E-state index in [4.69, 9.17) is 0 Å². The van der Waals surface area contributed by atoms with Gasteiger partial charge in [0.2, 0.25) is 0 Å². The van der Waals surface area contributed by atoms with Crippen LogP contribution in [0, 0.1) is 0 Å². The lowest BCUT2D eigenvalue weighted by Gasteiger charge is -2.20. The molecule has 2 unspecified atom stereocenters. The number of hydrogen-bond acceptors (Lipinski definition) is 3. The minimum absolute atomic E-state index is 0.0622. The van der Waals surface area contributed by atoms with Gasteiger partial charge in [-0.05, 0) is 30.4 Å². The number of hydrogen-bond donors (Lipinski definition) is 1. The molecule has 0 saturated heterocycles. The summed E-state index contributed by atoms with van der Waals surface area (Å²) in [7, 11) is 0. The van der Waals surface area contributed by atoms with Gasteiger partial charge in [-0.15, -0.1) is 0 Å². The highest BCUT2D eigenvalue weighted by Crippen LogP contribution is 2.31. The minimum Gasteiger partial charge on any atom is -0.312 e. The molecule has 1 N–H and O–H groups in total. The zero-order valence-electron chi connectivity index (χ0n) is 9.35. The molecule has 0 spiro atoms. The van der Waals surface area contributed by atoms with Gasteiger partial charge < -0.3 is 5.32 Å². The van der Waals surface area contributed by atoms with E-state index in [0.29, 0.717) is 17.8 Å². The van der Waals surface area contributed by atoms with Crippen LogP contribution in [0.2, 0.25) is 0 Å². The number of alkyl halides is 3. The summed E-state index contributed by atoms with van der Waals surface area (Å²) in [5, 5.41) is 3.85. The first-order valence-electron chi connectivity index (χ1n) is 5.58. The van der Waals surface area contributed by atoms with Crippen LogP contribution in [0.3, 0.4) is 0 Å². The van der Waals surface area contributed by atoms with Gasteiger partial charge in [0.1, 0.15) is 0 Å². The number of rotatable bonds is 6. The summed E-state index contributed by atoms with van der Waals surface area (Å²) in [5.41, 5.74) is -4.09. The predicted octanol–water partition coefficient (Wildman–Crippen LogP) is 3.50. The largest absolute Gasteiger partial charge is 0.441 e. The molecule has 2 atom stereocenters. The topological polar surface area (TPSA) is 12.0 Å². The van der Waals surface area contributed by atoms with Crippen molar-refractivity contribution in [1.29, 1.82) is 0 Å². The van der Waals surface area contributed by atoms with E-state index in [-0.39, 0.29) is 17.5 Å². The lowest BCUT2D eigenvalue weighted by Crippen LogP contribution is -2.35. The minimum atomic E-state index is -4.09. The van der Waals surface area contributed by atoms with Crippen molar-refractivity contribution in [3.8, 4) is 0 Å². The fourth-order valence-corrected chi connectivity index (χ4v) is 3.66. The molecule has 96 valence electrons. The molecule has 1 aliphatic rings. The molecule has 0 aliphatic heterocycles. The van der Waals surface area contributed by atoms with E-state index >= 15 is 0 Å². The van der Waals surface area contributed by atoms with Crippen LogP contribution >= 0.6 is 23.5 Å². The monoisotopic (exact) mass is 273 g/mol. The average Bonchev–Trinajstić information content (AvgIpc) is 2.60. The third kappa shape index (κ3) is 5.68. The molecule has 1 saturated carbocycles. The van der Waals surface area contributed by atoms with Gasteiger partial charge in [0, 0.05) is 23.6 Å². The molecule has 1 fully saturated rings. The summed E-state index contributed by atoms with van der Waals surface area (Å²) in [6, 6.07) is 0.416. The number of nitrogens with one attached hydrogen (secondary N) is 1. The highest BCUT2D eigenvalue weighted by molar-refractivity contribution is 8.00. The second-order valence-electron chi connectivity index (χ2n) is 3.78. The van der Waals surface area contributed by atoms with Crippen LogP contribution in [-0.4, -0.2) is 34.9 Å². The van der Waals surface area contributed by atoms with Gasteiger partial charge in [-0.3, -0.25) is 0 Å². The Morgan fingerprint density at radius 3 is 2.69 bits per heavy atom. The molecule has 0 aromatic heterocycles. The first-order chi connectivity index (χ1) is 7.53. The molecule has 6 heteroatoms. The van der Waals surface area contributed by atoms with Crippen molar-refractivity contribution < 1.29 is 13.2 Å². The molecule has 0 aromatic carbocycles. The molecule has 1 nitrogen and oxygen atoms in total. The van der Waals surface area contributed by atoms with E-state index in [1.54, 1.807) is 0 Å². The Kier molecular flexibility index (Phi) is 6.36. The molecule has 0 heterocycles. The van der Waals surface area contributed by atoms with E-state index in [0.717, 1.165) is 12.2 Å². The Morgan fingerprint density at radius 1 is 1.31 bits per heavy atom. The summed E-state index contributed by atoms with van der Waals surface area (Å²) in [4.78, 5) is 0. The Bertz CT molecular complexity index is 199. The van der Waals surface area contributed by atoms with E-state index in [9.17, 15) is 13.2 Å². The van der Waals surface area contributed by atoms with Crippen LogP contribution in [-0.2, 0) is 0 Å². The van der Waals surface area contributed by atoms with E-state index in [1.807, 2.05) is 11.8 Å². The summed E-state index contributed by atoms with van der Waals surface area (Å²) in [5.74, 6) is 1.20. The maximum absolute atomic E-state index is 11.9. The Hall–Kier alpha value is 0.450. The number of halogens is 3. The first kappa shape index (κ1) is 14.5. The average molecular weight is 273 g/mol. The SMILES string of the molecule is CCSC1CCCC1NCCSC(F)(F)F. The normalized spacial score (nSPS) is 26.2. The van der Waals surface area contributed by atoms with E-state index in [1.165, 1.54) is 12.8 Å². The van der Waals surface area contributed by atoms with Gasteiger partial charge in [-0.25, -0.2) is 0 Å². The van der Waals surface area contributed by atoms with Crippen LogP contribution in [0.1, 0.15) is 26.2 Å². The maximum Gasteiger partial charge on any atom is 0.441 e. The molecule has 16 heavy (non-hydrogen) atoms. The third-order valence-electron chi connectivity index (χ3n) is 2.61. The highest BCUT2D eigenvalue weighted by atomic mass is 32.2. The van der Waals surface area contributed by atoms with Crippen LogP contribution in [0.4, 0.5) is 13.2 Å². The lowest BCUT2D eigenvalue weighted by atomic mass is 10.2. The van der Waals surface area contributed by atoms with Crippen molar-refractivity contribution >= 4 is 23.5 Å². The van der Waals surface area contributed by atoms with Gasteiger partial charge in [0.25, 0.3) is 0 Å². The molecule has 0 aromatic rings. The van der Waals surface area contributed by atoms with Crippen LogP contribution in [0.25, 0.3) is 0 Å². The first-order valence-corrected chi connectivity index (χ1v) is 7.62. The smallest absolute Gasteiger partial charge is 0.312 e. The molecular weight excluding hydrogens is 255 g/mol. The quantitative estimate of drug-likeness (QED) is 0.744. The molecule has 0 radical (unpaired) electrons. The molecule has 0 bridgehead atoms. The van der Waals surface area contributed by atoms with Crippen LogP contribution in [0.5, 0.6) is 0 Å². The molecule has 1 rings (SSSR count). The van der Waals surface area contributed by atoms with Crippen molar-refractivity contribution in [2.24, 2.45) is 0 Å². The second-order valence-corrected chi connectivity index (χ2v) is 6.46. The zero-order valence-corrected chi connectivity index (χ0v) is 11.0. The number of thioether (sulfide) groups is 2. The standard InChI is InChI=1S/C10H18F3NS2/c1-2-15-9-5-3-4-8(9)14-6-7-16-10(11,12)13/h8-9,14H,2-7H2,1H3. The van der Waals surface area contributed by atoms with Crippen molar-refractivity contribution in [3.63, 3.8) is 0 Å². The lowest BCUT2D eigenvalue weighted by molar-refractivity contribution is -0.0327. The van der Waals surface area contributed by atoms with E-state index < -0.39 is 5.51 Å². The zero-order chi connectivity index (χ0) is 12.0.